The van der Waals surface area contributed by atoms with Gasteiger partial charge in [0.2, 0.25) is 0 Å². The third-order valence-electron chi connectivity index (χ3n) is 4.19. The van der Waals surface area contributed by atoms with Gasteiger partial charge in [0, 0.05) is 6.42 Å². The Kier molecular flexibility index (Phi) is 8.82. The van der Waals surface area contributed by atoms with E-state index in [1.165, 1.54) is 19.2 Å². The third-order valence-corrected chi connectivity index (χ3v) is 5.49. The zero-order chi connectivity index (χ0) is 22.0. The van der Waals surface area contributed by atoms with Crippen LogP contribution in [0, 0.1) is 6.92 Å². The molecule has 0 radical (unpaired) electrons. The van der Waals surface area contributed by atoms with Crippen LogP contribution in [0.5, 0.6) is 0 Å². The Hall–Kier alpha value is -2.91. The molecular formula is C21H25NO7S. The first kappa shape index (κ1) is 23.4. The van der Waals surface area contributed by atoms with Crippen molar-refractivity contribution in [1.29, 1.82) is 0 Å². The number of carbonyl (C=O) groups excluding carboxylic acids is 2. The summed E-state index contributed by atoms with van der Waals surface area (Å²) < 4.78 is 39.6. The van der Waals surface area contributed by atoms with Crippen molar-refractivity contribution < 1.29 is 31.7 Å². The first-order valence-electron chi connectivity index (χ1n) is 9.30. The summed E-state index contributed by atoms with van der Waals surface area (Å²) in [6.07, 6.45) is -0.644. The molecule has 0 heterocycles. The molecule has 0 saturated carbocycles. The minimum atomic E-state index is -4.02. The second kappa shape index (κ2) is 11.3. The molecule has 162 valence electrons. The van der Waals surface area contributed by atoms with Gasteiger partial charge in [0.25, 0.3) is 10.1 Å². The number of benzene rings is 2. The monoisotopic (exact) mass is 435 g/mol. The Balaban J connectivity index is 1.96. The number of nitrogens with one attached hydrogen (secondary N) is 1. The van der Waals surface area contributed by atoms with Gasteiger partial charge >= 0.3 is 12.1 Å². The van der Waals surface area contributed by atoms with Crippen molar-refractivity contribution in [2.75, 3.05) is 13.7 Å². The summed E-state index contributed by atoms with van der Waals surface area (Å²) in [6, 6.07) is 14.5. The average molecular weight is 435 g/mol. The summed E-state index contributed by atoms with van der Waals surface area (Å²) in [5.41, 5.74) is 1.71. The van der Waals surface area contributed by atoms with Gasteiger partial charge in [-0.05, 0) is 31.0 Å². The maximum Gasteiger partial charge on any atom is 0.407 e. The molecule has 2 aromatic rings. The van der Waals surface area contributed by atoms with Crippen molar-refractivity contribution in [3.05, 3.63) is 65.7 Å². The van der Waals surface area contributed by atoms with E-state index in [-0.39, 0.29) is 31.0 Å². The second-order valence-electron chi connectivity index (χ2n) is 6.57. The van der Waals surface area contributed by atoms with Crippen LogP contribution in [-0.2, 0) is 35.2 Å². The largest absolute Gasteiger partial charge is 0.469 e. The number of methoxy groups -OCH3 is 1. The number of aryl methyl sites for hydroxylation is 1. The maximum atomic E-state index is 12.4. The van der Waals surface area contributed by atoms with Crippen LogP contribution in [0.2, 0.25) is 0 Å². The highest BCUT2D eigenvalue weighted by Crippen LogP contribution is 2.14. The minimum absolute atomic E-state index is 0.00599. The van der Waals surface area contributed by atoms with E-state index in [9.17, 15) is 18.0 Å². The van der Waals surface area contributed by atoms with E-state index in [4.69, 9.17) is 8.92 Å². The fraction of sp³-hybridized carbons (Fsp3) is 0.333. The number of hydrogen-bond acceptors (Lipinski definition) is 7. The molecular weight excluding hydrogens is 410 g/mol. The number of esters is 1. The molecule has 0 fully saturated rings. The van der Waals surface area contributed by atoms with Crippen molar-refractivity contribution in [3.63, 3.8) is 0 Å². The van der Waals surface area contributed by atoms with Gasteiger partial charge in [-0.3, -0.25) is 8.98 Å². The number of rotatable bonds is 10. The third kappa shape index (κ3) is 7.84. The van der Waals surface area contributed by atoms with Gasteiger partial charge in [-0.25, -0.2) is 4.79 Å². The molecule has 0 aromatic heterocycles. The predicted octanol–water partition coefficient (Wildman–Crippen LogP) is 2.95. The number of alkyl carbamates (subject to hydrolysis) is 1. The Morgan fingerprint density at radius 2 is 1.70 bits per heavy atom. The molecule has 0 saturated heterocycles. The van der Waals surface area contributed by atoms with Gasteiger partial charge in [-0.1, -0.05) is 48.0 Å². The summed E-state index contributed by atoms with van der Waals surface area (Å²) >= 11 is 0. The van der Waals surface area contributed by atoms with Crippen molar-refractivity contribution in [3.8, 4) is 0 Å². The van der Waals surface area contributed by atoms with Crippen LogP contribution in [0.25, 0.3) is 0 Å². The van der Waals surface area contributed by atoms with Crippen LogP contribution in [0.15, 0.2) is 59.5 Å². The molecule has 0 bridgehead atoms. The molecule has 1 atom stereocenters. The van der Waals surface area contributed by atoms with Crippen LogP contribution in [-0.4, -0.2) is 40.2 Å². The van der Waals surface area contributed by atoms with Crippen LogP contribution >= 0.6 is 0 Å². The normalized spacial score (nSPS) is 12.1. The van der Waals surface area contributed by atoms with E-state index in [1.54, 1.807) is 24.3 Å². The Morgan fingerprint density at radius 3 is 2.33 bits per heavy atom. The lowest BCUT2D eigenvalue weighted by Gasteiger charge is -2.18. The van der Waals surface area contributed by atoms with Gasteiger partial charge < -0.3 is 14.8 Å². The van der Waals surface area contributed by atoms with Gasteiger partial charge in [0.05, 0.1) is 24.7 Å². The molecule has 30 heavy (non-hydrogen) atoms. The van der Waals surface area contributed by atoms with E-state index in [0.717, 1.165) is 11.1 Å². The topological polar surface area (TPSA) is 108 Å². The number of hydrogen-bond donors (Lipinski definition) is 1. The quantitative estimate of drug-likeness (QED) is 0.451. The lowest BCUT2D eigenvalue weighted by molar-refractivity contribution is -0.140. The van der Waals surface area contributed by atoms with Crippen molar-refractivity contribution in [2.45, 2.75) is 37.3 Å². The Labute approximate surface area is 176 Å². The fourth-order valence-electron chi connectivity index (χ4n) is 2.47. The zero-order valence-corrected chi connectivity index (χ0v) is 17.7. The highest BCUT2D eigenvalue weighted by molar-refractivity contribution is 7.86. The molecule has 0 aliphatic heterocycles. The summed E-state index contributed by atoms with van der Waals surface area (Å²) in [5.74, 6) is -0.485. The van der Waals surface area contributed by atoms with E-state index in [0.29, 0.717) is 0 Å². The van der Waals surface area contributed by atoms with Crippen LogP contribution < -0.4 is 5.32 Å². The van der Waals surface area contributed by atoms with E-state index < -0.39 is 28.2 Å². The zero-order valence-electron chi connectivity index (χ0n) is 16.9. The maximum absolute atomic E-state index is 12.4. The molecule has 8 nitrogen and oxygen atoms in total. The molecule has 9 heteroatoms. The fourth-order valence-corrected chi connectivity index (χ4v) is 3.42. The average Bonchev–Trinajstić information content (AvgIpc) is 2.75. The van der Waals surface area contributed by atoms with Gasteiger partial charge in [-0.2, -0.15) is 8.42 Å². The number of ether oxygens (including phenoxy) is 2. The van der Waals surface area contributed by atoms with Gasteiger partial charge in [0.1, 0.15) is 6.61 Å². The van der Waals surface area contributed by atoms with E-state index >= 15 is 0 Å². The van der Waals surface area contributed by atoms with Gasteiger partial charge in [-0.15, -0.1) is 0 Å². The number of amides is 1. The summed E-state index contributed by atoms with van der Waals surface area (Å²) in [7, 11) is -2.77. The first-order valence-corrected chi connectivity index (χ1v) is 10.7. The molecule has 0 aliphatic rings. The molecule has 2 aromatic carbocycles. The van der Waals surface area contributed by atoms with Crippen molar-refractivity contribution >= 4 is 22.2 Å². The standard InChI is InChI=1S/C21H25NO7S/c1-16-8-11-19(12-9-16)30(25,26)29-15-18(10-13-20(23)27-2)22-21(24)28-14-17-6-4-3-5-7-17/h3-9,11-12,18H,10,13-15H2,1-2H3,(H,22,24)/t18-/m0/s1. The molecule has 0 unspecified atom stereocenters. The van der Waals surface area contributed by atoms with Crippen LogP contribution in [0.3, 0.4) is 0 Å². The van der Waals surface area contributed by atoms with Crippen molar-refractivity contribution in [1.82, 2.24) is 5.32 Å². The molecule has 1 amide bonds. The summed E-state index contributed by atoms with van der Waals surface area (Å²) in [6.45, 7) is 1.54. The van der Waals surface area contributed by atoms with E-state index in [1.807, 2.05) is 25.1 Å². The smallest absolute Gasteiger partial charge is 0.407 e. The predicted molar refractivity (Wildman–Crippen MR) is 109 cm³/mol. The van der Waals surface area contributed by atoms with Crippen LogP contribution in [0.1, 0.15) is 24.0 Å². The summed E-state index contributed by atoms with van der Waals surface area (Å²) in [4.78, 5) is 23.6. The second-order valence-corrected chi connectivity index (χ2v) is 8.18. The molecule has 2 rings (SSSR count). The lowest BCUT2D eigenvalue weighted by Crippen LogP contribution is -2.39. The Bertz CT molecular complexity index is 928. The first-order chi connectivity index (χ1) is 14.3. The molecule has 0 spiro atoms. The molecule has 0 aliphatic carbocycles. The highest BCUT2D eigenvalue weighted by atomic mass is 32.2. The van der Waals surface area contributed by atoms with Crippen molar-refractivity contribution in [2.24, 2.45) is 0 Å². The van der Waals surface area contributed by atoms with Gasteiger partial charge in [0.15, 0.2) is 0 Å². The summed E-state index contributed by atoms with van der Waals surface area (Å²) in [5, 5.41) is 2.54. The highest BCUT2D eigenvalue weighted by Gasteiger charge is 2.21. The number of carbonyl (C=O) groups is 2. The minimum Gasteiger partial charge on any atom is -0.469 e. The van der Waals surface area contributed by atoms with E-state index in [2.05, 4.69) is 10.1 Å². The van der Waals surface area contributed by atoms with Crippen LogP contribution in [0.4, 0.5) is 4.79 Å². The SMILES string of the molecule is COC(=O)CC[C@@H](COS(=O)(=O)c1ccc(C)cc1)NC(=O)OCc1ccccc1. The Morgan fingerprint density at radius 1 is 1.03 bits per heavy atom. The lowest BCUT2D eigenvalue weighted by atomic mass is 10.2. The molecule has 1 N–H and O–H groups in total.